The molecule has 0 aliphatic carbocycles. The number of aryl methyl sites for hydroxylation is 1. The molecule has 2 rings (SSSR count). The van der Waals surface area contributed by atoms with E-state index in [1.165, 1.54) is 6.20 Å². The molecule has 21 heavy (non-hydrogen) atoms. The molecule has 106 valence electrons. The second-order valence-corrected chi connectivity index (χ2v) is 4.30. The zero-order chi connectivity index (χ0) is 15.4. The summed E-state index contributed by atoms with van der Waals surface area (Å²) < 4.78 is 1.13. The molecule has 1 amide bonds. The molecule has 8 heteroatoms. The van der Waals surface area contributed by atoms with Gasteiger partial charge in [-0.15, -0.1) is 5.10 Å². The average Bonchev–Trinajstić information content (AvgIpc) is 2.90. The molecule has 0 aliphatic heterocycles. The van der Waals surface area contributed by atoms with Gasteiger partial charge in [0.15, 0.2) is 5.69 Å². The number of carboxylic acid groups (broad SMARTS) is 1. The van der Waals surface area contributed by atoms with Crippen molar-refractivity contribution in [2.45, 2.75) is 13.5 Å². The number of hydrogen-bond donors (Lipinski definition) is 2. The van der Waals surface area contributed by atoms with Gasteiger partial charge in [0.25, 0.3) is 0 Å². The van der Waals surface area contributed by atoms with Gasteiger partial charge in [-0.3, -0.25) is 4.79 Å². The quantitative estimate of drug-likeness (QED) is 0.856. The van der Waals surface area contributed by atoms with Gasteiger partial charge in [0.2, 0.25) is 5.91 Å². The van der Waals surface area contributed by atoms with Crippen LogP contribution >= 0.6 is 0 Å². The minimum atomic E-state index is -1.21. The molecule has 0 saturated heterocycles. The lowest BCUT2D eigenvalue weighted by Gasteiger charge is -2.08. The number of benzene rings is 1. The molecule has 8 nitrogen and oxygen atoms in total. The molecule has 2 aromatic rings. The van der Waals surface area contributed by atoms with E-state index in [9.17, 15) is 9.59 Å². The van der Waals surface area contributed by atoms with E-state index in [1.54, 1.807) is 25.1 Å². The third kappa shape index (κ3) is 3.42. The molecule has 1 aromatic heterocycles. The predicted octanol–water partition coefficient (Wildman–Crippen LogP) is 0.795. The van der Waals surface area contributed by atoms with Crippen molar-refractivity contribution in [2.75, 3.05) is 5.32 Å². The Labute approximate surface area is 119 Å². The van der Waals surface area contributed by atoms with E-state index in [2.05, 4.69) is 15.6 Å². The van der Waals surface area contributed by atoms with Crippen LogP contribution < -0.4 is 5.32 Å². The molecule has 0 radical (unpaired) electrons. The van der Waals surface area contributed by atoms with E-state index in [0.717, 1.165) is 10.2 Å². The fourth-order valence-electron chi connectivity index (χ4n) is 1.64. The Morgan fingerprint density at radius 1 is 1.48 bits per heavy atom. The highest BCUT2D eigenvalue weighted by molar-refractivity contribution is 5.91. The highest BCUT2D eigenvalue weighted by Crippen LogP contribution is 2.16. The maximum absolute atomic E-state index is 11.9. The first-order valence-corrected chi connectivity index (χ1v) is 5.93. The largest absolute Gasteiger partial charge is 0.476 e. The summed E-state index contributed by atoms with van der Waals surface area (Å²) in [6.07, 6.45) is 1.17. The average molecular weight is 285 g/mol. The Kier molecular flexibility index (Phi) is 3.95. The van der Waals surface area contributed by atoms with Crippen molar-refractivity contribution in [1.29, 1.82) is 5.26 Å². The van der Waals surface area contributed by atoms with Crippen LogP contribution in [0, 0.1) is 18.3 Å². The number of aromatic carboxylic acids is 1. The van der Waals surface area contributed by atoms with Crippen LogP contribution in [0.3, 0.4) is 0 Å². The van der Waals surface area contributed by atoms with Gasteiger partial charge < -0.3 is 10.4 Å². The van der Waals surface area contributed by atoms with Gasteiger partial charge in [0.1, 0.15) is 6.54 Å². The van der Waals surface area contributed by atoms with Gasteiger partial charge in [-0.2, -0.15) is 5.26 Å². The minimum Gasteiger partial charge on any atom is -0.476 e. The van der Waals surface area contributed by atoms with Crippen molar-refractivity contribution in [3.63, 3.8) is 0 Å². The van der Waals surface area contributed by atoms with Crippen LogP contribution in [0.15, 0.2) is 24.4 Å². The number of rotatable bonds is 4. The lowest BCUT2D eigenvalue weighted by molar-refractivity contribution is -0.116. The number of carbonyl (C=O) groups excluding carboxylic acids is 1. The summed E-state index contributed by atoms with van der Waals surface area (Å²) in [5, 5.41) is 27.2. The number of aromatic nitrogens is 3. The topological polar surface area (TPSA) is 121 Å². The zero-order valence-corrected chi connectivity index (χ0v) is 11.1. The SMILES string of the molecule is Cc1ccc(C#N)cc1NC(=O)Cn1cc(C(=O)O)nn1. The lowest BCUT2D eigenvalue weighted by Crippen LogP contribution is -2.19. The van der Waals surface area contributed by atoms with Gasteiger partial charge >= 0.3 is 5.97 Å². The molecule has 0 unspecified atom stereocenters. The smallest absolute Gasteiger partial charge is 0.358 e. The Hall–Kier alpha value is -3.21. The van der Waals surface area contributed by atoms with Crippen LogP contribution in [0.5, 0.6) is 0 Å². The second kappa shape index (κ2) is 5.83. The third-order valence-electron chi connectivity index (χ3n) is 2.70. The summed E-state index contributed by atoms with van der Waals surface area (Å²) in [4.78, 5) is 22.5. The molecule has 2 N–H and O–H groups in total. The van der Waals surface area contributed by atoms with Crippen LogP contribution in [-0.4, -0.2) is 32.0 Å². The summed E-state index contributed by atoms with van der Waals surface area (Å²) in [7, 11) is 0. The standard InChI is InChI=1S/C13H11N5O3/c1-8-2-3-9(5-14)4-10(8)15-12(19)7-18-6-11(13(20)21)16-17-18/h2-4,6H,7H2,1H3,(H,15,19)(H,20,21). The van der Waals surface area contributed by atoms with E-state index in [1.807, 2.05) is 6.07 Å². The number of carboxylic acids is 1. The molecular formula is C13H11N5O3. The van der Waals surface area contributed by atoms with Crippen molar-refractivity contribution in [2.24, 2.45) is 0 Å². The Balaban J connectivity index is 2.08. The number of nitrogens with one attached hydrogen (secondary N) is 1. The number of amides is 1. The van der Waals surface area contributed by atoms with Crippen LogP contribution in [0.25, 0.3) is 0 Å². The summed E-state index contributed by atoms with van der Waals surface area (Å²) in [6, 6.07) is 6.94. The van der Waals surface area contributed by atoms with Crippen molar-refractivity contribution in [3.05, 3.63) is 41.2 Å². The predicted molar refractivity (Wildman–Crippen MR) is 71.5 cm³/mol. The first-order chi connectivity index (χ1) is 9.99. The number of nitriles is 1. The Morgan fingerprint density at radius 3 is 2.86 bits per heavy atom. The van der Waals surface area contributed by atoms with Crippen molar-refractivity contribution in [1.82, 2.24) is 15.0 Å². The highest BCUT2D eigenvalue weighted by atomic mass is 16.4. The number of hydrogen-bond acceptors (Lipinski definition) is 5. The normalized spacial score (nSPS) is 9.90. The second-order valence-electron chi connectivity index (χ2n) is 4.30. The van der Waals surface area contributed by atoms with Gasteiger partial charge in [-0.1, -0.05) is 11.3 Å². The number of nitrogens with zero attached hydrogens (tertiary/aromatic N) is 4. The fourth-order valence-corrected chi connectivity index (χ4v) is 1.64. The molecule has 1 aromatic carbocycles. The summed E-state index contributed by atoms with van der Waals surface area (Å²) in [5.41, 5.74) is 1.54. The monoisotopic (exact) mass is 285 g/mol. The maximum Gasteiger partial charge on any atom is 0.358 e. The molecule has 1 heterocycles. The van der Waals surface area contributed by atoms with Gasteiger partial charge in [-0.05, 0) is 24.6 Å². The van der Waals surface area contributed by atoms with E-state index in [4.69, 9.17) is 10.4 Å². The summed E-state index contributed by atoms with van der Waals surface area (Å²) in [5.74, 6) is -1.60. The minimum absolute atomic E-state index is 0.170. The van der Waals surface area contributed by atoms with Crippen LogP contribution in [0.1, 0.15) is 21.6 Å². The number of carbonyl (C=O) groups is 2. The van der Waals surface area contributed by atoms with Crippen LogP contribution in [0.2, 0.25) is 0 Å². The van der Waals surface area contributed by atoms with Crippen molar-refractivity contribution in [3.8, 4) is 6.07 Å². The fraction of sp³-hybridized carbons (Fsp3) is 0.154. The molecule has 0 aliphatic rings. The molecule has 0 spiro atoms. The maximum atomic E-state index is 11.9. The first kappa shape index (κ1) is 14.2. The number of anilines is 1. The van der Waals surface area contributed by atoms with Gasteiger partial charge in [-0.25, -0.2) is 9.48 Å². The van der Waals surface area contributed by atoms with E-state index in [-0.39, 0.29) is 12.2 Å². The van der Waals surface area contributed by atoms with Crippen molar-refractivity contribution < 1.29 is 14.7 Å². The van der Waals surface area contributed by atoms with E-state index >= 15 is 0 Å². The van der Waals surface area contributed by atoms with E-state index in [0.29, 0.717) is 11.3 Å². The summed E-state index contributed by atoms with van der Waals surface area (Å²) >= 11 is 0. The molecular weight excluding hydrogens is 274 g/mol. The van der Waals surface area contributed by atoms with E-state index < -0.39 is 11.9 Å². The van der Waals surface area contributed by atoms with Crippen LogP contribution in [0.4, 0.5) is 5.69 Å². The Bertz CT molecular complexity index is 745. The Morgan fingerprint density at radius 2 is 2.24 bits per heavy atom. The molecule has 0 bridgehead atoms. The highest BCUT2D eigenvalue weighted by Gasteiger charge is 2.11. The van der Waals surface area contributed by atoms with Crippen LogP contribution in [-0.2, 0) is 11.3 Å². The first-order valence-electron chi connectivity index (χ1n) is 5.93. The molecule has 0 saturated carbocycles. The lowest BCUT2D eigenvalue weighted by atomic mass is 10.1. The zero-order valence-electron chi connectivity index (χ0n) is 11.1. The summed E-state index contributed by atoms with van der Waals surface area (Å²) in [6.45, 7) is 1.63. The van der Waals surface area contributed by atoms with Gasteiger partial charge in [0, 0.05) is 5.69 Å². The van der Waals surface area contributed by atoms with Gasteiger partial charge in [0.05, 0.1) is 17.8 Å². The molecule has 0 fully saturated rings. The molecule has 0 atom stereocenters. The van der Waals surface area contributed by atoms with Crippen molar-refractivity contribution >= 4 is 17.6 Å². The third-order valence-corrected chi connectivity index (χ3v) is 2.70.